The van der Waals surface area contributed by atoms with Gasteiger partial charge in [0.15, 0.2) is 0 Å². The highest BCUT2D eigenvalue weighted by molar-refractivity contribution is 5.99. The highest BCUT2D eigenvalue weighted by Crippen LogP contribution is 2.34. The zero-order chi connectivity index (χ0) is 17.7. The van der Waals surface area contributed by atoms with Crippen LogP contribution in [0, 0.1) is 0 Å². The fourth-order valence-corrected chi connectivity index (χ4v) is 3.20. The Labute approximate surface area is 141 Å². The third-order valence-electron chi connectivity index (χ3n) is 4.74. The molecule has 1 aromatic rings. The van der Waals surface area contributed by atoms with E-state index in [4.69, 9.17) is 0 Å². The second kappa shape index (κ2) is 7.47. The first-order valence-electron chi connectivity index (χ1n) is 8.32. The van der Waals surface area contributed by atoms with Crippen LogP contribution in [0.5, 0.6) is 0 Å². The van der Waals surface area contributed by atoms with Crippen LogP contribution in [0.2, 0.25) is 0 Å². The summed E-state index contributed by atoms with van der Waals surface area (Å²) in [5, 5.41) is 12.4. The van der Waals surface area contributed by atoms with Crippen LogP contribution in [0.15, 0.2) is 24.3 Å². The summed E-state index contributed by atoms with van der Waals surface area (Å²) in [6.45, 7) is 1.75. The third-order valence-corrected chi connectivity index (χ3v) is 4.74. The lowest BCUT2D eigenvalue weighted by atomic mass is 9.80. The van der Waals surface area contributed by atoms with E-state index >= 15 is 0 Å². The first-order chi connectivity index (χ1) is 11.4. The summed E-state index contributed by atoms with van der Waals surface area (Å²) in [7, 11) is 1.55. The van der Waals surface area contributed by atoms with E-state index in [2.05, 4.69) is 5.32 Å². The van der Waals surface area contributed by atoms with Crippen LogP contribution in [-0.2, 0) is 9.59 Å². The molecule has 0 heterocycles. The summed E-state index contributed by atoms with van der Waals surface area (Å²) >= 11 is 0. The second-order valence-electron chi connectivity index (χ2n) is 6.24. The molecule has 1 aromatic carbocycles. The Morgan fingerprint density at radius 1 is 1.21 bits per heavy atom. The minimum atomic E-state index is -1.14. The van der Waals surface area contributed by atoms with Gasteiger partial charge in [-0.15, -0.1) is 0 Å². The number of rotatable bonds is 5. The van der Waals surface area contributed by atoms with Crippen LogP contribution in [0.25, 0.3) is 0 Å². The van der Waals surface area contributed by atoms with Crippen molar-refractivity contribution in [2.24, 2.45) is 0 Å². The molecule has 0 unspecified atom stereocenters. The number of benzene rings is 1. The van der Waals surface area contributed by atoms with E-state index in [0.717, 1.165) is 19.3 Å². The van der Waals surface area contributed by atoms with E-state index in [9.17, 15) is 19.5 Å². The van der Waals surface area contributed by atoms with E-state index in [1.54, 1.807) is 38.2 Å². The Kier molecular flexibility index (Phi) is 5.59. The van der Waals surface area contributed by atoms with Crippen LogP contribution < -0.4 is 5.32 Å². The third kappa shape index (κ3) is 3.58. The van der Waals surface area contributed by atoms with Gasteiger partial charge >= 0.3 is 5.97 Å². The molecule has 0 radical (unpaired) electrons. The molecular weight excluding hydrogens is 308 g/mol. The Morgan fingerprint density at radius 3 is 2.46 bits per heavy atom. The first kappa shape index (κ1) is 18.0. The number of amides is 2. The summed E-state index contributed by atoms with van der Waals surface area (Å²) < 4.78 is 0. The average Bonchev–Trinajstić information content (AvgIpc) is 2.61. The number of carbonyl (C=O) groups excluding carboxylic acids is 2. The number of nitrogens with zero attached hydrogens (tertiary/aromatic N) is 1. The smallest absolute Gasteiger partial charge is 0.329 e. The molecule has 0 aromatic heterocycles. The van der Waals surface area contributed by atoms with Crippen molar-refractivity contribution in [3.05, 3.63) is 29.8 Å². The average molecular weight is 332 g/mol. The molecule has 1 aliphatic rings. The molecule has 0 atom stereocenters. The lowest BCUT2D eigenvalue weighted by Crippen LogP contribution is -2.56. The number of aliphatic carboxylic acids is 1. The molecule has 0 spiro atoms. The van der Waals surface area contributed by atoms with Gasteiger partial charge in [-0.3, -0.25) is 9.59 Å². The van der Waals surface area contributed by atoms with E-state index < -0.39 is 11.5 Å². The molecule has 1 aliphatic carbocycles. The van der Waals surface area contributed by atoms with Crippen molar-refractivity contribution in [1.29, 1.82) is 0 Å². The maximum absolute atomic E-state index is 12.8. The molecule has 1 saturated carbocycles. The Morgan fingerprint density at radius 2 is 1.88 bits per heavy atom. The van der Waals surface area contributed by atoms with Gasteiger partial charge in [0, 0.05) is 24.7 Å². The van der Waals surface area contributed by atoms with Crippen molar-refractivity contribution >= 4 is 23.5 Å². The molecular formula is C18H24N2O4. The van der Waals surface area contributed by atoms with Gasteiger partial charge in [0.2, 0.25) is 5.91 Å². The molecule has 6 heteroatoms. The Hall–Kier alpha value is -2.37. The van der Waals surface area contributed by atoms with E-state index in [1.165, 1.54) is 4.90 Å². The predicted octanol–water partition coefficient (Wildman–Crippen LogP) is 2.89. The lowest BCUT2D eigenvalue weighted by Gasteiger charge is -2.41. The normalized spacial score (nSPS) is 16.2. The number of hydrogen-bond acceptors (Lipinski definition) is 3. The van der Waals surface area contributed by atoms with Crippen molar-refractivity contribution < 1.29 is 19.5 Å². The summed E-state index contributed by atoms with van der Waals surface area (Å²) in [6.07, 6.45) is 3.89. The van der Waals surface area contributed by atoms with Crippen LogP contribution in [0.4, 0.5) is 5.69 Å². The van der Waals surface area contributed by atoms with Crippen LogP contribution in [0.1, 0.15) is 55.8 Å². The van der Waals surface area contributed by atoms with Gasteiger partial charge in [-0.1, -0.05) is 32.3 Å². The van der Waals surface area contributed by atoms with Crippen molar-refractivity contribution in [2.75, 3.05) is 12.4 Å². The van der Waals surface area contributed by atoms with Gasteiger partial charge in [-0.05, 0) is 31.0 Å². The number of nitrogens with one attached hydrogen (secondary N) is 1. The highest BCUT2D eigenvalue weighted by Gasteiger charge is 2.45. The summed E-state index contributed by atoms with van der Waals surface area (Å²) in [4.78, 5) is 37.5. The van der Waals surface area contributed by atoms with Gasteiger partial charge in [0.25, 0.3) is 5.91 Å². The molecule has 24 heavy (non-hydrogen) atoms. The van der Waals surface area contributed by atoms with E-state index in [0.29, 0.717) is 30.5 Å². The molecule has 2 rings (SSSR count). The number of likely N-dealkylation sites (N-methyl/N-ethyl adjacent to an activating group) is 1. The number of hydrogen-bond donors (Lipinski definition) is 2. The standard InChI is InChI=1S/C18H24N2O4/c1-3-15(21)19-14-9-7-8-13(12-14)16(22)20(2)18(17(23)24)10-5-4-6-11-18/h7-9,12H,3-6,10-11H2,1-2H3,(H,19,21)(H,23,24). The zero-order valence-corrected chi connectivity index (χ0v) is 14.2. The molecule has 130 valence electrons. The van der Waals surface area contributed by atoms with Crippen molar-refractivity contribution in [1.82, 2.24) is 4.90 Å². The number of carboxylic acids is 1. The number of carbonyl (C=O) groups is 3. The van der Waals surface area contributed by atoms with Gasteiger partial charge < -0.3 is 15.3 Å². The summed E-state index contributed by atoms with van der Waals surface area (Å²) in [6, 6.07) is 6.61. The van der Waals surface area contributed by atoms with E-state index in [-0.39, 0.29) is 11.8 Å². The molecule has 6 nitrogen and oxygen atoms in total. The lowest BCUT2D eigenvalue weighted by molar-refractivity contribution is -0.151. The van der Waals surface area contributed by atoms with E-state index in [1.807, 2.05) is 0 Å². The molecule has 0 aliphatic heterocycles. The number of carboxylic acid groups (broad SMARTS) is 1. The van der Waals surface area contributed by atoms with Gasteiger partial charge in [-0.2, -0.15) is 0 Å². The van der Waals surface area contributed by atoms with Crippen LogP contribution >= 0.6 is 0 Å². The fourth-order valence-electron chi connectivity index (χ4n) is 3.20. The SMILES string of the molecule is CCC(=O)Nc1cccc(C(=O)N(C)C2(C(=O)O)CCCCC2)c1. The Balaban J connectivity index is 2.25. The summed E-state index contributed by atoms with van der Waals surface area (Å²) in [5.41, 5.74) is -0.232. The highest BCUT2D eigenvalue weighted by atomic mass is 16.4. The zero-order valence-electron chi connectivity index (χ0n) is 14.2. The molecule has 0 bridgehead atoms. The minimum Gasteiger partial charge on any atom is -0.479 e. The Bertz CT molecular complexity index is 636. The maximum atomic E-state index is 12.8. The number of anilines is 1. The topological polar surface area (TPSA) is 86.7 Å². The second-order valence-corrected chi connectivity index (χ2v) is 6.24. The minimum absolute atomic E-state index is 0.137. The maximum Gasteiger partial charge on any atom is 0.329 e. The molecule has 2 amide bonds. The van der Waals surface area contributed by atoms with Gasteiger partial charge in [0.05, 0.1) is 0 Å². The van der Waals surface area contributed by atoms with Crippen molar-refractivity contribution in [3.8, 4) is 0 Å². The first-order valence-corrected chi connectivity index (χ1v) is 8.32. The monoisotopic (exact) mass is 332 g/mol. The van der Waals surface area contributed by atoms with Crippen molar-refractivity contribution in [2.45, 2.75) is 51.0 Å². The van der Waals surface area contributed by atoms with Crippen LogP contribution in [0.3, 0.4) is 0 Å². The van der Waals surface area contributed by atoms with Crippen molar-refractivity contribution in [3.63, 3.8) is 0 Å². The largest absolute Gasteiger partial charge is 0.479 e. The molecule has 0 saturated heterocycles. The predicted molar refractivity (Wildman–Crippen MR) is 90.9 cm³/mol. The quantitative estimate of drug-likeness (QED) is 0.868. The molecule has 2 N–H and O–H groups in total. The van der Waals surface area contributed by atoms with Crippen LogP contribution in [-0.4, -0.2) is 40.4 Å². The fraction of sp³-hybridized carbons (Fsp3) is 0.500. The van der Waals surface area contributed by atoms with Gasteiger partial charge in [0.1, 0.15) is 5.54 Å². The van der Waals surface area contributed by atoms with Gasteiger partial charge in [-0.25, -0.2) is 4.79 Å². The molecule has 1 fully saturated rings. The summed E-state index contributed by atoms with van der Waals surface area (Å²) in [5.74, 6) is -1.43.